The normalized spacial score (nSPS) is 10.4. The van der Waals surface area contributed by atoms with E-state index >= 15 is 0 Å². The number of pyridine rings is 1. The lowest BCUT2D eigenvalue weighted by atomic mass is 10.1. The molecule has 4 nitrogen and oxygen atoms in total. The Balaban J connectivity index is 1.68. The maximum Gasteiger partial charge on any atom is 0.259 e. The number of carbonyl (C=O) groups excluding carboxylic acids is 1. The van der Waals surface area contributed by atoms with Crippen molar-refractivity contribution in [3.63, 3.8) is 0 Å². The first kappa shape index (κ1) is 14.7. The molecule has 6 heteroatoms. The highest BCUT2D eigenvalue weighted by Gasteiger charge is 2.09. The van der Waals surface area contributed by atoms with Gasteiger partial charge in [0.25, 0.3) is 5.91 Å². The molecule has 3 aromatic rings. The summed E-state index contributed by atoms with van der Waals surface area (Å²) in [6.07, 6.45) is 5.66. The smallest absolute Gasteiger partial charge is 0.259 e. The first-order valence-electron chi connectivity index (χ1n) is 6.61. The Morgan fingerprint density at radius 3 is 2.91 bits per heavy atom. The summed E-state index contributed by atoms with van der Waals surface area (Å²) >= 11 is 7.43. The number of hydrogen-bond donors (Lipinski definition) is 1. The molecular formula is C16H12ClN3OS. The van der Waals surface area contributed by atoms with E-state index in [2.05, 4.69) is 15.3 Å². The monoisotopic (exact) mass is 329 g/mol. The van der Waals surface area contributed by atoms with Gasteiger partial charge in [-0.3, -0.25) is 15.1 Å². The van der Waals surface area contributed by atoms with E-state index in [1.54, 1.807) is 24.5 Å². The lowest BCUT2D eigenvalue weighted by Gasteiger charge is -2.00. The summed E-state index contributed by atoms with van der Waals surface area (Å²) in [6, 6.07) is 11.1. The van der Waals surface area contributed by atoms with Gasteiger partial charge in [-0.1, -0.05) is 23.7 Å². The molecule has 1 N–H and O–H groups in total. The summed E-state index contributed by atoms with van der Waals surface area (Å²) in [5.74, 6) is -0.211. The van der Waals surface area contributed by atoms with Crippen molar-refractivity contribution in [2.75, 3.05) is 5.32 Å². The van der Waals surface area contributed by atoms with Crippen LogP contribution in [0.25, 0.3) is 0 Å². The highest BCUT2D eigenvalue weighted by atomic mass is 35.5. The average molecular weight is 330 g/mol. The summed E-state index contributed by atoms with van der Waals surface area (Å²) in [7, 11) is 0. The minimum Gasteiger partial charge on any atom is -0.298 e. The van der Waals surface area contributed by atoms with Crippen molar-refractivity contribution < 1.29 is 4.79 Å². The first-order chi connectivity index (χ1) is 10.7. The van der Waals surface area contributed by atoms with Gasteiger partial charge in [-0.2, -0.15) is 0 Å². The van der Waals surface area contributed by atoms with Crippen LogP contribution in [0, 0.1) is 0 Å². The number of halogens is 1. The van der Waals surface area contributed by atoms with E-state index in [1.807, 2.05) is 24.3 Å². The van der Waals surface area contributed by atoms with Crippen molar-refractivity contribution in [1.82, 2.24) is 9.97 Å². The second kappa shape index (κ2) is 6.68. The van der Waals surface area contributed by atoms with Gasteiger partial charge in [-0.05, 0) is 29.8 Å². The molecule has 1 aromatic carbocycles. The number of hydrogen-bond acceptors (Lipinski definition) is 4. The lowest BCUT2D eigenvalue weighted by Crippen LogP contribution is -2.11. The Hall–Kier alpha value is -2.24. The van der Waals surface area contributed by atoms with E-state index in [0.717, 1.165) is 16.9 Å². The zero-order valence-electron chi connectivity index (χ0n) is 11.5. The van der Waals surface area contributed by atoms with Gasteiger partial charge in [0.1, 0.15) is 0 Å². The van der Waals surface area contributed by atoms with E-state index in [0.29, 0.717) is 15.7 Å². The summed E-state index contributed by atoms with van der Waals surface area (Å²) in [4.78, 5) is 21.2. The molecule has 3 rings (SSSR count). The highest BCUT2D eigenvalue weighted by molar-refractivity contribution is 7.15. The van der Waals surface area contributed by atoms with Crippen LogP contribution < -0.4 is 5.32 Å². The first-order valence-corrected chi connectivity index (χ1v) is 7.81. The van der Waals surface area contributed by atoms with E-state index in [4.69, 9.17) is 11.6 Å². The van der Waals surface area contributed by atoms with E-state index in [-0.39, 0.29) is 5.91 Å². The van der Waals surface area contributed by atoms with Gasteiger partial charge in [0.2, 0.25) is 0 Å². The summed E-state index contributed by atoms with van der Waals surface area (Å²) in [6.45, 7) is 0. The predicted octanol–water partition coefficient (Wildman–Crippen LogP) is 4.03. The quantitative estimate of drug-likeness (QED) is 0.786. The average Bonchev–Trinajstić information content (AvgIpc) is 2.95. The Labute approximate surface area is 136 Å². The van der Waals surface area contributed by atoms with Crippen LogP contribution in [-0.4, -0.2) is 15.9 Å². The maximum absolute atomic E-state index is 12.0. The molecule has 110 valence electrons. The molecule has 2 aromatic heterocycles. The number of anilines is 1. The molecule has 0 spiro atoms. The zero-order chi connectivity index (χ0) is 15.4. The molecule has 0 aliphatic rings. The van der Waals surface area contributed by atoms with Gasteiger partial charge < -0.3 is 0 Å². The van der Waals surface area contributed by atoms with Crippen LogP contribution in [0.5, 0.6) is 0 Å². The van der Waals surface area contributed by atoms with E-state index in [1.165, 1.54) is 17.5 Å². The Bertz CT molecular complexity index is 789. The van der Waals surface area contributed by atoms with Crippen molar-refractivity contribution in [2.24, 2.45) is 0 Å². The van der Waals surface area contributed by atoms with Crippen LogP contribution in [-0.2, 0) is 6.42 Å². The molecule has 0 unspecified atom stereocenters. The zero-order valence-corrected chi connectivity index (χ0v) is 13.1. The van der Waals surface area contributed by atoms with E-state index in [9.17, 15) is 4.79 Å². The molecule has 0 aliphatic heterocycles. The second-order valence-electron chi connectivity index (χ2n) is 4.63. The fourth-order valence-electron chi connectivity index (χ4n) is 1.96. The van der Waals surface area contributed by atoms with E-state index < -0.39 is 0 Å². The molecule has 22 heavy (non-hydrogen) atoms. The summed E-state index contributed by atoms with van der Waals surface area (Å²) < 4.78 is 0. The number of benzene rings is 1. The molecule has 1 amide bonds. The van der Waals surface area contributed by atoms with Crippen molar-refractivity contribution >= 4 is 34.0 Å². The Kier molecular flexibility index (Phi) is 4.46. The standard InChI is InChI=1S/C16H12ClN3OS/c17-13-5-1-3-11(7-13)8-14-10-19-16(22-14)20-15(21)12-4-2-6-18-9-12/h1-7,9-10H,8H2,(H,19,20,21). The summed E-state index contributed by atoms with van der Waals surface area (Å²) in [5, 5.41) is 4.07. The van der Waals surface area contributed by atoms with Crippen molar-refractivity contribution in [3.8, 4) is 0 Å². The largest absolute Gasteiger partial charge is 0.298 e. The molecule has 0 bridgehead atoms. The maximum atomic E-state index is 12.0. The van der Waals surface area contributed by atoms with Crippen LogP contribution in [0.4, 0.5) is 5.13 Å². The minimum atomic E-state index is -0.211. The fourth-order valence-corrected chi connectivity index (χ4v) is 3.02. The summed E-state index contributed by atoms with van der Waals surface area (Å²) in [5.41, 5.74) is 1.62. The van der Waals surface area contributed by atoms with Crippen LogP contribution in [0.1, 0.15) is 20.8 Å². The van der Waals surface area contributed by atoms with Crippen LogP contribution in [0.15, 0.2) is 55.0 Å². The minimum absolute atomic E-state index is 0.211. The lowest BCUT2D eigenvalue weighted by molar-refractivity contribution is 0.102. The molecule has 0 aliphatic carbocycles. The Morgan fingerprint density at radius 1 is 1.23 bits per heavy atom. The number of amides is 1. The third-order valence-corrected chi connectivity index (χ3v) is 4.11. The fraction of sp³-hybridized carbons (Fsp3) is 0.0625. The number of nitrogens with zero attached hydrogens (tertiary/aromatic N) is 2. The number of thiazole rings is 1. The van der Waals surface area contributed by atoms with Crippen LogP contribution in [0.2, 0.25) is 5.02 Å². The van der Waals surface area contributed by atoms with Gasteiger partial charge in [0.15, 0.2) is 5.13 Å². The van der Waals surface area contributed by atoms with Crippen molar-refractivity contribution in [1.29, 1.82) is 0 Å². The highest BCUT2D eigenvalue weighted by Crippen LogP contribution is 2.22. The SMILES string of the molecule is O=C(Nc1ncc(Cc2cccc(Cl)c2)s1)c1cccnc1. The predicted molar refractivity (Wildman–Crippen MR) is 88.6 cm³/mol. The molecule has 2 heterocycles. The van der Waals surface area contributed by atoms with Gasteiger partial charge in [-0.15, -0.1) is 11.3 Å². The molecule has 0 atom stereocenters. The van der Waals surface area contributed by atoms with Gasteiger partial charge in [0, 0.05) is 34.9 Å². The van der Waals surface area contributed by atoms with Gasteiger partial charge in [0.05, 0.1) is 5.56 Å². The van der Waals surface area contributed by atoms with Gasteiger partial charge >= 0.3 is 0 Å². The van der Waals surface area contributed by atoms with Crippen LogP contribution in [0.3, 0.4) is 0 Å². The number of rotatable bonds is 4. The molecule has 0 radical (unpaired) electrons. The Morgan fingerprint density at radius 2 is 2.14 bits per heavy atom. The molecule has 0 saturated heterocycles. The third-order valence-electron chi connectivity index (χ3n) is 2.97. The number of carbonyl (C=O) groups is 1. The van der Waals surface area contributed by atoms with Crippen molar-refractivity contribution in [3.05, 3.63) is 76.0 Å². The number of nitrogens with one attached hydrogen (secondary N) is 1. The molecular weight excluding hydrogens is 318 g/mol. The number of aromatic nitrogens is 2. The van der Waals surface area contributed by atoms with Crippen molar-refractivity contribution in [2.45, 2.75) is 6.42 Å². The van der Waals surface area contributed by atoms with Gasteiger partial charge in [-0.25, -0.2) is 4.98 Å². The van der Waals surface area contributed by atoms with Crippen LogP contribution >= 0.6 is 22.9 Å². The second-order valence-corrected chi connectivity index (χ2v) is 6.19. The molecule has 0 fully saturated rings. The molecule has 0 saturated carbocycles. The third kappa shape index (κ3) is 3.69. The topological polar surface area (TPSA) is 54.9 Å².